The molecule has 28 heavy (non-hydrogen) atoms. The van der Waals surface area contributed by atoms with Gasteiger partial charge in [0, 0.05) is 5.39 Å². The van der Waals surface area contributed by atoms with E-state index in [4.69, 9.17) is 16.3 Å². The molecule has 0 saturated carbocycles. The third-order valence-electron chi connectivity index (χ3n) is 3.83. The van der Waals surface area contributed by atoms with Crippen LogP contribution in [0, 0.1) is 0 Å². The van der Waals surface area contributed by atoms with Gasteiger partial charge >= 0.3 is 5.97 Å². The van der Waals surface area contributed by atoms with Gasteiger partial charge in [-0.3, -0.25) is 0 Å². The Morgan fingerprint density at radius 2 is 1.89 bits per heavy atom. The monoisotopic (exact) mass is 413 g/mol. The number of phenolic OH excluding ortho intramolecular Hbond substituents is 1. The third kappa shape index (κ3) is 3.37. The minimum Gasteiger partial charge on any atom is -0.506 e. The van der Waals surface area contributed by atoms with Crippen molar-refractivity contribution < 1.29 is 14.6 Å². The molecule has 0 aliphatic heterocycles. The largest absolute Gasteiger partial charge is 0.506 e. The molecule has 0 aliphatic carbocycles. The van der Waals surface area contributed by atoms with Crippen LogP contribution in [0.5, 0.6) is 5.75 Å². The molecule has 1 N–H and O–H groups in total. The molecule has 2 aromatic carbocycles. The van der Waals surface area contributed by atoms with Crippen LogP contribution < -0.4 is 0 Å². The highest BCUT2D eigenvalue weighted by molar-refractivity contribution is 7.09. The van der Waals surface area contributed by atoms with Gasteiger partial charge in [0.2, 0.25) is 0 Å². The molecular formula is C18H12ClN5O3S. The number of aromatic hydroxyl groups is 1. The Hall–Kier alpha value is -3.17. The Balaban J connectivity index is 1.74. The number of nitrogens with zero attached hydrogens (tertiary/aromatic N) is 5. The van der Waals surface area contributed by atoms with E-state index in [-0.39, 0.29) is 17.4 Å². The fourth-order valence-electron chi connectivity index (χ4n) is 2.53. The van der Waals surface area contributed by atoms with Gasteiger partial charge in [-0.15, -0.1) is 10.2 Å². The van der Waals surface area contributed by atoms with Crippen LogP contribution in [-0.4, -0.2) is 32.3 Å². The first-order valence-corrected chi connectivity index (χ1v) is 9.35. The number of fused-ring (bicyclic) bond motifs is 3. The van der Waals surface area contributed by atoms with E-state index in [0.29, 0.717) is 38.2 Å². The van der Waals surface area contributed by atoms with Gasteiger partial charge in [0.05, 0.1) is 28.5 Å². The first kappa shape index (κ1) is 18.2. The zero-order valence-corrected chi connectivity index (χ0v) is 16.0. The summed E-state index contributed by atoms with van der Waals surface area (Å²) >= 11 is 6.90. The number of azo groups is 1. The topological polar surface area (TPSA) is 110 Å². The van der Waals surface area contributed by atoms with Crippen molar-refractivity contribution in [3.05, 3.63) is 46.3 Å². The number of benzene rings is 2. The Bertz CT molecular complexity index is 1240. The maximum atomic E-state index is 12.1. The highest BCUT2D eigenvalue weighted by Crippen LogP contribution is 2.31. The van der Waals surface area contributed by atoms with Gasteiger partial charge in [-0.1, -0.05) is 11.6 Å². The third-order valence-corrected chi connectivity index (χ3v) is 4.95. The molecular weight excluding hydrogens is 402 g/mol. The molecule has 4 rings (SSSR count). The van der Waals surface area contributed by atoms with Crippen molar-refractivity contribution in [1.82, 2.24) is 14.6 Å². The summed E-state index contributed by atoms with van der Waals surface area (Å²) in [6, 6.07) is 9.82. The predicted molar refractivity (Wildman–Crippen MR) is 106 cm³/mol. The molecule has 0 unspecified atom stereocenters. The number of phenols is 1. The number of esters is 1. The van der Waals surface area contributed by atoms with Crippen molar-refractivity contribution in [3.63, 3.8) is 0 Å². The van der Waals surface area contributed by atoms with E-state index in [0.717, 1.165) is 11.5 Å². The van der Waals surface area contributed by atoms with Crippen LogP contribution in [0.3, 0.4) is 0 Å². The first-order valence-electron chi connectivity index (χ1n) is 8.20. The van der Waals surface area contributed by atoms with Crippen LogP contribution in [0.25, 0.3) is 21.9 Å². The maximum Gasteiger partial charge on any atom is 0.352 e. The zero-order chi connectivity index (χ0) is 19.7. The Morgan fingerprint density at radius 1 is 1.14 bits per heavy atom. The van der Waals surface area contributed by atoms with Crippen molar-refractivity contribution in [2.24, 2.45) is 10.2 Å². The summed E-state index contributed by atoms with van der Waals surface area (Å²) in [4.78, 5) is 12.4. The predicted octanol–water partition coefficient (Wildman–Crippen LogP) is 5.19. The van der Waals surface area contributed by atoms with Crippen LogP contribution in [0.1, 0.15) is 16.6 Å². The number of hydrogen-bond donors (Lipinski definition) is 1. The van der Waals surface area contributed by atoms with Crippen molar-refractivity contribution in [2.75, 3.05) is 6.61 Å². The van der Waals surface area contributed by atoms with Gasteiger partial charge in [0.15, 0.2) is 4.88 Å². The summed E-state index contributed by atoms with van der Waals surface area (Å²) in [7, 11) is 0. The van der Waals surface area contributed by atoms with Crippen LogP contribution in [0.15, 0.2) is 46.6 Å². The number of rotatable bonds is 4. The number of carbonyl (C=O) groups is 1. The molecule has 0 fully saturated rings. The van der Waals surface area contributed by atoms with Crippen LogP contribution in [0.2, 0.25) is 5.02 Å². The second kappa shape index (κ2) is 7.45. The molecule has 8 nitrogen and oxygen atoms in total. The summed E-state index contributed by atoms with van der Waals surface area (Å²) < 4.78 is 9.39. The van der Waals surface area contributed by atoms with Gasteiger partial charge in [0.1, 0.15) is 16.8 Å². The molecule has 0 spiro atoms. The van der Waals surface area contributed by atoms with E-state index < -0.39 is 5.97 Å². The van der Waals surface area contributed by atoms with Gasteiger partial charge in [0.25, 0.3) is 0 Å². The number of carbonyl (C=O) groups excluding carboxylic acids is 1. The van der Waals surface area contributed by atoms with Gasteiger partial charge in [-0.2, -0.15) is 14.6 Å². The summed E-state index contributed by atoms with van der Waals surface area (Å²) in [6.45, 7) is 2.01. The van der Waals surface area contributed by atoms with Crippen molar-refractivity contribution in [3.8, 4) is 5.75 Å². The lowest BCUT2D eigenvalue weighted by Gasteiger charge is -2.01. The average molecular weight is 414 g/mol. The van der Waals surface area contributed by atoms with Crippen molar-refractivity contribution in [2.45, 2.75) is 6.92 Å². The van der Waals surface area contributed by atoms with E-state index in [2.05, 4.69) is 24.8 Å². The van der Waals surface area contributed by atoms with E-state index in [9.17, 15) is 9.90 Å². The smallest absolute Gasteiger partial charge is 0.352 e. The minimum atomic E-state index is -0.469. The second-order valence-electron chi connectivity index (χ2n) is 5.67. The van der Waals surface area contributed by atoms with Gasteiger partial charge in [-0.05, 0) is 54.9 Å². The molecule has 0 bridgehead atoms. The summed E-state index contributed by atoms with van der Waals surface area (Å²) in [5.41, 5.74) is 2.65. The molecule has 0 aliphatic rings. The lowest BCUT2D eigenvalue weighted by molar-refractivity contribution is 0.0534. The zero-order valence-electron chi connectivity index (χ0n) is 14.5. The minimum absolute atomic E-state index is 0.0202. The first-order chi connectivity index (χ1) is 13.6. The summed E-state index contributed by atoms with van der Waals surface area (Å²) in [5.74, 6) is -0.489. The lowest BCUT2D eigenvalue weighted by atomic mass is 10.2. The van der Waals surface area contributed by atoms with Gasteiger partial charge in [-0.25, -0.2) is 4.79 Å². The quantitative estimate of drug-likeness (QED) is 0.364. The molecule has 2 heterocycles. The standard InChI is InChI=1S/C18H12ClN5O3S/c1-2-27-18(26)17-16-15(24-28-17)11-7-9(3-5-13(11)22-23-16)20-21-10-4-6-14(25)12(19)8-10/h3-8,25H,2H2,1H3/b21-20+. The van der Waals surface area contributed by atoms with Crippen molar-refractivity contribution >= 4 is 62.4 Å². The summed E-state index contributed by atoms with van der Waals surface area (Å²) in [6.07, 6.45) is 0. The maximum absolute atomic E-state index is 12.1. The van der Waals surface area contributed by atoms with Gasteiger partial charge < -0.3 is 9.84 Å². The number of halogens is 1. The second-order valence-corrected chi connectivity index (χ2v) is 6.85. The van der Waals surface area contributed by atoms with E-state index in [1.165, 1.54) is 12.1 Å². The fraction of sp³-hybridized carbons (Fsp3) is 0.111. The normalized spacial score (nSPS) is 11.5. The molecule has 4 aromatic rings. The molecule has 0 saturated heterocycles. The number of hydrogen-bond acceptors (Lipinski definition) is 9. The molecule has 2 aromatic heterocycles. The molecule has 10 heteroatoms. The Morgan fingerprint density at radius 3 is 2.64 bits per heavy atom. The Kier molecular flexibility index (Phi) is 4.84. The highest BCUT2D eigenvalue weighted by Gasteiger charge is 2.19. The van der Waals surface area contributed by atoms with Crippen LogP contribution in [-0.2, 0) is 4.74 Å². The molecule has 140 valence electrons. The Labute approximate surface area is 167 Å². The SMILES string of the molecule is CCOC(=O)c1snc2c1nnc1ccc(/N=N/c3ccc(O)c(Cl)c3)cc12. The highest BCUT2D eigenvalue weighted by atomic mass is 35.5. The average Bonchev–Trinajstić information content (AvgIpc) is 3.14. The van der Waals surface area contributed by atoms with Crippen LogP contribution in [0.4, 0.5) is 11.4 Å². The van der Waals surface area contributed by atoms with Crippen LogP contribution >= 0.6 is 23.1 Å². The molecule has 0 radical (unpaired) electrons. The molecule has 0 atom stereocenters. The van der Waals surface area contributed by atoms with E-state index in [1.807, 2.05) is 0 Å². The number of ether oxygens (including phenoxy) is 1. The fourth-order valence-corrected chi connectivity index (χ4v) is 3.43. The van der Waals surface area contributed by atoms with E-state index >= 15 is 0 Å². The van der Waals surface area contributed by atoms with E-state index in [1.54, 1.807) is 31.2 Å². The number of aromatic nitrogens is 3. The molecule has 0 amide bonds. The van der Waals surface area contributed by atoms with Crippen molar-refractivity contribution in [1.29, 1.82) is 0 Å². The summed E-state index contributed by atoms with van der Waals surface area (Å²) in [5, 5.41) is 27.0. The lowest BCUT2D eigenvalue weighted by Crippen LogP contribution is -2.03.